The van der Waals surface area contributed by atoms with E-state index in [1.807, 2.05) is 12.1 Å². The zero-order valence-electron chi connectivity index (χ0n) is 14.6. The van der Waals surface area contributed by atoms with Gasteiger partial charge in [-0.1, -0.05) is 41.9 Å². The molecule has 24 heavy (non-hydrogen) atoms. The molecule has 0 aliphatic carbocycles. The molecule has 2 aromatic carbocycles. The molecule has 0 bridgehead atoms. The number of piperidine rings is 1. The number of hydrogen-bond donors (Lipinski definition) is 1. The summed E-state index contributed by atoms with van der Waals surface area (Å²) < 4.78 is 0. The van der Waals surface area contributed by atoms with Crippen molar-refractivity contribution in [1.82, 2.24) is 4.90 Å². The summed E-state index contributed by atoms with van der Waals surface area (Å²) in [5.41, 5.74) is 11.8. The first-order valence-corrected chi connectivity index (χ1v) is 9.16. The minimum atomic E-state index is 0.259. The Morgan fingerprint density at radius 1 is 1.04 bits per heavy atom. The van der Waals surface area contributed by atoms with Crippen molar-refractivity contribution in [3.63, 3.8) is 0 Å². The lowest BCUT2D eigenvalue weighted by Gasteiger charge is -2.36. The summed E-state index contributed by atoms with van der Waals surface area (Å²) >= 11 is 6.11. The van der Waals surface area contributed by atoms with E-state index in [0.717, 1.165) is 37.5 Å². The molecule has 2 nitrogen and oxygen atoms in total. The van der Waals surface area contributed by atoms with Crippen LogP contribution in [-0.2, 0) is 13.0 Å². The molecule has 2 aromatic rings. The molecule has 0 aromatic heterocycles. The van der Waals surface area contributed by atoms with Gasteiger partial charge in [-0.25, -0.2) is 0 Å². The van der Waals surface area contributed by atoms with E-state index in [0.29, 0.717) is 5.92 Å². The Hall–Kier alpha value is -1.35. The minimum absolute atomic E-state index is 0.259. The summed E-state index contributed by atoms with van der Waals surface area (Å²) in [6.45, 7) is 7.36. The van der Waals surface area contributed by atoms with Gasteiger partial charge in [-0.3, -0.25) is 4.90 Å². The van der Waals surface area contributed by atoms with Crippen molar-refractivity contribution in [2.75, 3.05) is 13.1 Å². The van der Waals surface area contributed by atoms with E-state index in [2.05, 4.69) is 49.1 Å². The maximum atomic E-state index is 6.34. The first-order valence-electron chi connectivity index (χ1n) is 8.78. The van der Waals surface area contributed by atoms with Crippen LogP contribution in [0.15, 0.2) is 42.5 Å². The molecule has 0 spiro atoms. The number of halogens is 1. The van der Waals surface area contributed by atoms with Gasteiger partial charge in [-0.2, -0.15) is 0 Å². The van der Waals surface area contributed by atoms with Gasteiger partial charge in [0.1, 0.15) is 0 Å². The lowest BCUT2D eigenvalue weighted by atomic mass is 9.88. The summed E-state index contributed by atoms with van der Waals surface area (Å²) in [6.07, 6.45) is 2.22. The lowest BCUT2D eigenvalue weighted by molar-refractivity contribution is 0.149. The quantitative estimate of drug-likeness (QED) is 0.895. The number of nitrogens with two attached hydrogens (primary N) is 1. The second-order valence-electron chi connectivity index (χ2n) is 7.31. The van der Waals surface area contributed by atoms with E-state index in [-0.39, 0.29) is 6.04 Å². The molecular weight excluding hydrogens is 316 g/mol. The van der Waals surface area contributed by atoms with Crippen molar-refractivity contribution in [2.24, 2.45) is 11.7 Å². The van der Waals surface area contributed by atoms with Crippen LogP contribution < -0.4 is 5.73 Å². The van der Waals surface area contributed by atoms with Crippen LogP contribution in [0.5, 0.6) is 0 Å². The van der Waals surface area contributed by atoms with Crippen LogP contribution in [0.4, 0.5) is 0 Å². The van der Waals surface area contributed by atoms with Crippen LogP contribution in [-0.4, -0.2) is 24.0 Å². The van der Waals surface area contributed by atoms with Crippen molar-refractivity contribution in [1.29, 1.82) is 0 Å². The van der Waals surface area contributed by atoms with Crippen LogP contribution >= 0.6 is 11.6 Å². The Bertz CT molecular complexity index is 698. The Balaban J connectivity index is 1.65. The lowest BCUT2D eigenvalue weighted by Crippen LogP contribution is -2.47. The van der Waals surface area contributed by atoms with E-state index in [1.54, 1.807) is 0 Å². The maximum Gasteiger partial charge on any atom is 0.0409 e. The molecule has 128 valence electrons. The van der Waals surface area contributed by atoms with Crippen LogP contribution in [0.2, 0.25) is 5.02 Å². The fourth-order valence-electron chi connectivity index (χ4n) is 3.78. The van der Waals surface area contributed by atoms with E-state index in [9.17, 15) is 0 Å². The Kier molecular flexibility index (Phi) is 5.60. The van der Waals surface area contributed by atoms with Crippen molar-refractivity contribution >= 4 is 11.6 Å². The summed E-state index contributed by atoms with van der Waals surface area (Å²) in [7, 11) is 0. The number of nitrogens with zero attached hydrogens (tertiary/aromatic N) is 1. The predicted molar refractivity (Wildman–Crippen MR) is 102 cm³/mol. The third-order valence-corrected chi connectivity index (χ3v) is 5.27. The fraction of sp³-hybridized carbons (Fsp3) is 0.429. The maximum absolute atomic E-state index is 6.34. The van der Waals surface area contributed by atoms with Crippen LogP contribution in [0.25, 0.3) is 0 Å². The summed E-state index contributed by atoms with van der Waals surface area (Å²) in [6, 6.07) is 15.2. The third kappa shape index (κ3) is 4.60. The first kappa shape index (κ1) is 17.5. The second-order valence-corrected chi connectivity index (χ2v) is 7.74. The van der Waals surface area contributed by atoms with Gasteiger partial charge in [-0.15, -0.1) is 0 Å². The van der Waals surface area contributed by atoms with E-state index in [1.165, 1.54) is 22.3 Å². The zero-order valence-corrected chi connectivity index (χ0v) is 15.4. The van der Waals surface area contributed by atoms with Gasteiger partial charge in [0.05, 0.1) is 0 Å². The number of hydrogen-bond acceptors (Lipinski definition) is 2. The normalized spacial score (nSPS) is 21.8. The topological polar surface area (TPSA) is 29.3 Å². The van der Waals surface area contributed by atoms with Crippen molar-refractivity contribution in [3.05, 3.63) is 69.7 Å². The van der Waals surface area contributed by atoms with E-state index >= 15 is 0 Å². The third-order valence-electron chi connectivity index (χ3n) is 5.04. The molecule has 2 N–H and O–H groups in total. The van der Waals surface area contributed by atoms with Crippen molar-refractivity contribution < 1.29 is 0 Å². The molecule has 1 fully saturated rings. The van der Waals surface area contributed by atoms with Gasteiger partial charge in [0.15, 0.2) is 0 Å². The Labute approximate surface area is 150 Å². The molecular formula is C21H27ClN2. The monoisotopic (exact) mass is 342 g/mol. The highest BCUT2D eigenvalue weighted by Gasteiger charge is 2.25. The molecule has 2 unspecified atom stereocenters. The SMILES string of the molecule is Cc1ccc(CC2CC(N)CN(Cc3cccc(Cl)c3)C2)cc1C. The van der Waals surface area contributed by atoms with E-state index in [4.69, 9.17) is 17.3 Å². The number of likely N-dealkylation sites (tertiary alicyclic amines) is 1. The minimum Gasteiger partial charge on any atom is -0.327 e. The summed E-state index contributed by atoms with van der Waals surface area (Å²) in [5.74, 6) is 0.620. The molecule has 0 amide bonds. The van der Waals surface area contributed by atoms with Gasteiger partial charge in [0.25, 0.3) is 0 Å². The van der Waals surface area contributed by atoms with Gasteiger partial charge < -0.3 is 5.73 Å². The summed E-state index contributed by atoms with van der Waals surface area (Å²) in [4.78, 5) is 2.48. The standard InChI is InChI=1S/C21H27ClN2/c1-15-6-7-17(8-16(15)2)9-19-11-21(23)14-24(13-19)12-18-4-3-5-20(22)10-18/h3-8,10,19,21H,9,11-14,23H2,1-2H3. The number of rotatable bonds is 4. The molecule has 3 heteroatoms. The largest absolute Gasteiger partial charge is 0.327 e. The molecule has 2 atom stereocenters. The Morgan fingerprint density at radius 3 is 2.62 bits per heavy atom. The van der Waals surface area contributed by atoms with Crippen LogP contribution in [0.1, 0.15) is 28.7 Å². The van der Waals surface area contributed by atoms with Gasteiger partial charge >= 0.3 is 0 Å². The highest BCUT2D eigenvalue weighted by atomic mass is 35.5. The van der Waals surface area contributed by atoms with Crippen LogP contribution in [0, 0.1) is 19.8 Å². The molecule has 1 heterocycles. The van der Waals surface area contributed by atoms with Gasteiger partial charge in [-0.05, 0) is 67.0 Å². The van der Waals surface area contributed by atoms with Crippen molar-refractivity contribution in [3.8, 4) is 0 Å². The van der Waals surface area contributed by atoms with Crippen LogP contribution in [0.3, 0.4) is 0 Å². The zero-order chi connectivity index (χ0) is 17.1. The highest BCUT2D eigenvalue weighted by Crippen LogP contribution is 2.23. The molecule has 0 radical (unpaired) electrons. The molecule has 3 rings (SSSR count). The van der Waals surface area contributed by atoms with Gasteiger partial charge in [0.2, 0.25) is 0 Å². The Morgan fingerprint density at radius 2 is 1.88 bits per heavy atom. The average Bonchev–Trinajstić information content (AvgIpc) is 2.50. The smallest absolute Gasteiger partial charge is 0.0409 e. The molecule has 1 aliphatic heterocycles. The van der Waals surface area contributed by atoms with Gasteiger partial charge in [0, 0.05) is 30.7 Å². The number of aryl methyl sites for hydroxylation is 2. The van der Waals surface area contributed by atoms with Crippen molar-refractivity contribution in [2.45, 2.75) is 39.3 Å². The van der Waals surface area contributed by atoms with E-state index < -0.39 is 0 Å². The first-order chi connectivity index (χ1) is 11.5. The predicted octanol–water partition coefficient (Wildman–Crippen LogP) is 4.35. The fourth-order valence-corrected chi connectivity index (χ4v) is 4.00. The number of benzene rings is 2. The average molecular weight is 343 g/mol. The second kappa shape index (κ2) is 7.69. The molecule has 1 aliphatic rings. The molecule has 1 saturated heterocycles. The highest BCUT2D eigenvalue weighted by molar-refractivity contribution is 6.30. The summed E-state index contributed by atoms with van der Waals surface area (Å²) in [5, 5.41) is 0.806. The molecule has 0 saturated carbocycles.